The summed E-state index contributed by atoms with van der Waals surface area (Å²) >= 11 is 1.79. The first-order valence-corrected chi connectivity index (χ1v) is 8.00. The number of hydrogen-bond donors (Lipinski definition) is 1. The molecule has 1 aliphatic heterocycles. The zero-order chi connectivity index (χ0) is 13.0. The van der Waals surface area contributed by atoms with Crippen molar-refractivity contribution in [3.8, 4) is 0 Å². The van der Waals surface area contributed by atoms with Gasteiger partial charge in [0.15, 0.2) is 5.13 Å². The second kappa shape index (κ2) is 6.53. The van der Waals surface area contributed by atoms with Gasteiger partial charge in [-0.25, -0.2) is 4.98 Å². The molecule has 0 spiro atoms. The molecule has 1 aromatic heterocycles. The third-order valence-corrected chi connectivity index (χ3v) is 4.89. The molecule has 1 atom stereocenters. The van der Waals surface area contributed by atoms with Crippen molar-refractivity contribution >= 4 is 16.5 Å². The Morgan fingerprint density at radius 1 is 1.50 bits per heavy atom. The molecular weight excluding hydrogens is 242 g/mol. The minimum atomic E-state index is 0.354. The van der Waals surface area contributed by atoms with Gasteiger partial charge in [0.05, 0.1) is 5.69 Å². The zero-order valence-electron chi connectivity index (χ0n) is 11.8. The van der Waals surface area contributed by atoms with Crippen molar-refractivity contribution in [1.29, 1.82) is 0 Å². The lowest BCUT2D eigenvalue weighted by Crippen LogP contribution is -2.33. The Balaban J connectivity index is 1.91. The van der Waals surface area contributed by atoms with E-state index in [0.717, 1.165) is 5.92 Å². The lowest BCUT2D eigenvalue weighted by molar-refractivity contribution is 0.378. The summed E-state index contributed by atoms with van der Waals surface area (Å²) in [5.74, 6) is 0.946. The molecule has 0 saturated carbocycles. The van der Waals surface area contributed by atoms with E-state index in [0.29, 0.717) is 6.04 Å². The maximum atomic E-state index is 4.76. The number of hydrogen-bond acceptors (Lipinski definition) is 4. The predicted octanol–water partition coefficient (Wildman–Crippen LogP) is 3.44. The van der Waals surface area contributed by atoms with Gasteiger partial charge in [-0.3, -0.25) is 0 Å². The Kier molecular flexibility index (Phi) is 5.01. The highest BCUT2D eigenvalue weighted by Gasteiger charge is 2.21. The normalized spacial score (nSPS) is 19.2. The van der Waals surface area contributed by atoms with Crippen molar-refractivity contribution in [3.63, 3.8) is 0 Å². The third kappa shape index (κ3) is 3.23. The van der Waals surface area contributed by atoms with Gasteiger partial charge in [-0.05, 0) is 32.7 Å². The van der Waals surface area contributed by atoms with Crippen LogP contribution in [0.5, 0.6) is 0 Å². The molecule has 0 aliphatic carbocycles. The fraction of sp³-hybridized carbons (Fsp3) is 0.786. The summed E-state index contributed by atoms with van der Waals surface area (Å²) in [7, 11) is 1.99. The first-order chi connectivity index (χ1) is 8.74. The summed E-state index contributed by atoms with van der Waals surface area (Å²) in [5.41, 5.74) is 1.17. The molecule has 0 aromatic carbocycles. The molecule has 1 unspecified atom stereocenters. The van der Waals surface area contributed by atoms with Gasteiger partial charge in [0.1, 0.15) is 0 Å². The molecule has 2 rings (SSSR count). The highest BCUT2D eigenvalue weighted by atomic mass is 32.1. The number of anilines is 1. The van der Waals surface area contributed by atoms with Crippen molar-refractivity contribution in [2.45, 2.75) is 45.6 Å². The lowest BCUT2D eigenvalue weighted by Gasteiger charge is -2.31. The standard InChI is InChI=1S/C14H25N3S/c1-4-5-12-6-8-17(9-7-12)14-16-13(10-18-14)11(2)15-3/h10-12,15H,4-9H2,1-3H3. The molecular formula is C14H25N3S. The molecule has 3 nitrogen and oxygen atoms in total. The van der Waals surface area contributed by atoms with Crippen LogP contribution in [0.1, 0.15) is 51.3 Å². The van der Waals surface area contributed by atoms with Gasteiger partial charge in [0.25, 0.3) is 0 Å². The minimum absolute atomic E-state index is 0.354. The van der Waals surface area contributed by atoms with Crippen molar-refractivity contribution in [2.75, 3.05) is 25.0 Å². The second-order valence-electron chi connectivity index (χ2n) is 5.28. The van der Waals surface area contributed by atoms with Crippen molar-refractivity contribution in [1.82, 2.24) is 10.3 Å². The number of piperidine rings is 1. The van der Waals surface area contributed by atoms with E-state index in [1.807, 2.05) is 7.05 Å². The van der Waals surface area contributed by atoms with Gasteiger partial charge >= 0.3 is 0 Å². The smallest absolute Gasteiger partial charge is 0.185 e. The van der Waals surface area contributed by atoms with Gasteiger partial charge in [-0.1, -0.05) is 19.8 Å². The van der Waals surface area contributed by atoms with Crippen LogP contribution < -0.4 is 10.2 Å². The number of rotatable bonds is 5. The minimum Gasteiger partial charge on any atom is -0.348 e. The summed E-state index contributed by atoms with van der Waals surface area (Å²) in [6.45, 7) is 6.82. The average molecular weight is 267 g/mol. The van der Waals surface area contributed by atoms with Crippen LogP contribution in [0.25, 0.3) is 0 Å². The molecule has 0 radical (unpaired) electrons. The maximum absolute atomic E-state index is 4.76. The second-order valence-corrected chi connectivity index (χ2v) is 6.12. The molecule has 0 bridgehead atoms. The molecule has 1 saturated heterocycles. The van der Waals surface area contributed by atoms with Crippen molar-refractivity contribution < 1.29 is 0 Å². The quantitative estimate of drug-likeness (QED) is 0.886. The van der Waals surface area contributed by atoms with Gasteiger partial charge in [0.2, 0.25) is 0 Å². The van der Waals surface area contributed by atoms with E-state index < -0.39 is 0 Å². The highest BCUT2D eigenvalue weighted by Crippen LogP contribution is 2.29. The van der Waals surface area contributed by atoms with Gasteiger partial charge in [-0.15, -0.1) is 11.3 Å². The van der Waals surface area contributed by atoms with Gasteiger partial charge in [0, 0.05) is 24.5 Å². The van der Waals surface area contributed by atoms with E-state index in [-0.39, 0.29) is 0 Å². The van der Waals surface area contributed by atoms with Gasteiger partial charge in [-0.2, -0.15) is 0 Å². The first kappa shape index (κ1) is 13.8. The molecule has 102 valence electrons. The van der Waals surface area contributed by atoms with Crippen LogP contribution in [-0.2, 0) is 0 Å². The fourth-order valence-electron chi connectivity index (χ4n) is 2.59. The van der Waals surface area contributed by atoms with E-state index in [1.54, 1.807) is 11.3 Å². The molecule has 1 aliphatic rings. The van der Waals surface area contributed by atoms with Gasteiger partial charge < -0.3 is 10.2 Å². The molecule has 18 heavy (non-hydrogen) atoms. The number of nitrogens with one attached hydrogen (secondary N) is 1. The molecule has 1 N–H and O–H groups in total. The average Bonchev–Trinajstić information content (AvgIpc) is 2.89. The Bertz CT molecular complexity index is 356. The number of thiazole rings is 1. The van der Waals surface area contributed by atoms with Crippen LogP contribution in [0.2, 0.25) is 0 Å². The van der Waals surface area contributed by atoms with Crippen LogP contribution in [0.3, 0.4) is 0 Å². The molecule has 2 heterocycles. The zero-order valence-corrected chi connectivity index (χ0v) is 12.6. The van der Waals surface area contributed by atoms with Crippen LogP contribution in [0, 0.1) is 5.92 Å². The largest absolute Gasteiger partial charge is 0.348 e. The molecule has 1 fully saturated rings. The molecule has 0 amide bonds. The number of aromatic nitrogens is 1. The third-order valence-electron chi connectivity index (χ3n) is 3.97. The van der Waals surface area contributed by atoms with E-state index >= 15 is 0 Å². The van der Waals surface area contributed by atoms with Crippen molar-refractivity contribution in [2.24, 2.45) is 5.92 Å². The maximum Gasteiger partial charge on any atom is 0.185 e. The summed E-state index contributed by atoms with van der Waals surface area (Å²) in [6, 6.07) is 0.354. The predicted molar refractivity (Wildman–Crippen MR) is 79.4 cm³/mol. The summed E-state index contributed by atoms with van der Waals surface area (Å²) in [4.78, 5) is 7.22. The fourth-order valence-corrected chi connectivity index (χ4v) is 3.56. The molecule has 1 aromatic rings. The highest BCUT2D eigenvalue weighted by molar-refractivity contribution is 7.13. The number of nitrogens with zero attached hydrogens (tertiary/aromatic N) is 2. The Hall–Kier alpha value is -0.610. The van der Waals surface area contributed by atoms with Crippen LogP contribution in [0.4, 0.5) is 5.13 Å². The summed E-state index contributed by atoms with van der Waals surface area (Å²) < 4.78 is 0. The SMILES string of the molecule is CCCC1CCN(c2nc(C(C)NC)cs2)CC1. The van der Waals surface area contributed by atoms with E-state index in [9.17, 15) is 0 Å². The first-order valence-electron chi connectivity index (χ1n) is 7.12. The molecule has 4 heteroatoms. The Morgan fingerprint density at radius 3 is 2.83 bits per heavy atom. The topological polar surface area (TPSA) is 28.2 Å². The van der Waals surface area contributed by atoms with Crippen molar-refractivity contribution in [3.05, 3.63) is 11.1 Å². The van der Waals surface area contributed by atoms with E-state index in [1.165, 1.54) is 49.6 Å². The summed E-state index contributed by atoms with van der Waals surface area (Å²) in [6.07, 6.45) is 5.40. The summed E-state index contributed by atoms with van der Waals surface area (Å²) in [5, 5.41) is 6.65. The van der Waals surface area contributed by atoms with Crippen LogP contribution in [-0.4, -0.2) is 25.1 Å². The van der Waals surface area contributed by atoms with Crippen LogP contribution in [0.15, 0.2) is 5.38 Å². The van der Waals surface area contributed by atoms with Crippen LogP contribution >= 0.6 is 11.3 Å². The van der Waals surface area contributed by atoms with E-state index in [4.69, 9.17) is 4.98 Å². The van der Waals surface area contributed by atoms with E-state index in [2.05, 4.69) is 29.4 Å². The Labute approximate surface area is 115 Å². The Morgan fingerprint density at radius 2 is 2.22 bits per heavy atom. The lowest BCUT2D eigenvalue weighted by atomic mass is 9.93. The monoisotopic (exact) mass is 267 g/mol.